The summed E-state index contributed by atoms with van der Waals surface area (Å²) in [5, 5.41) is 16.9. The molecular formula is C13H11ClN8O3. The molecule has 0 saturated carbocycles. The van der Waals surface area contributed by atoms with Gasteiger partial charge < -0.3 is 0 Å². The lowest BCUT2D eigenvalue weighted by atomic mass is 10.3. The van der Waals surface area contributed by atoms with Gasteiger partial charge in [-0.15, -0.1) is 0 Å². The van der Waals surface area contributed by atoms with Crippen LogP contribution in [-0.2, 0) is 14.1 Å². The van der Waals surface area contributed by atoms with Crippen LogP contribution in [0.4, 0.5) is 5.95 Å². The molecule has 1 amide bonds. The van der Waals surface area contributed by atoms with Crippen LogP contribution in [0, 0.1) is 0 Å². The second-order valence-corrected chi connectivity index (χ2v) is 5.39. The summed E-state index contributed by atoms with van der Waals surface area (Å²) in [4.78, 5) is 37.3. The third-order valence-electron chi connectivity index (χ3n) is 3.25. The molecule has 0 unspecified atom stereocenters. The van der Waals surface area contributed by atoms with Crippen molar-refractivity contribution in [3.8, 4) is 5.69 Å². The Bertz CT molecular complexity index is 1080. The lowest BCUT2D eigenvalue weighted by Crippen LogP contribution is -2.43. The fourth-order valence-electron chi connectivity index (χ4n) is 2.05. The highest BCUT2D eigenvalue weighted by atomic mass is 35.5. The fourth-order valence-corrected chi connectivity index (χ4v) is 2.24. The first kappa shape index (κ1) is 16.5. The first-order valence-electron chi connectivity index (χ1n) is 6.88. The summed E-state index contributed by atoms with van der Waals surface area (Å²) in [6.07, 6.45) is 0. The maximum absolute atomic E-state index is 12.6. The number of rotatable bonds is 3. The fraction of sp³-hybridized carbons (Fsp3) is 0.154. The number of anilines is 1. The quantitative estimate of drug-likeness (QED) is 0.655. The lowest BCUT2D eigenvalue weighted by molar-refractivity contribution is 0.101. The van der Waals surface area contributed by atoms with Crippen molar-refractivity contribution < 1.29 is 4.79 Å². The van der Waals surface area contributed by atoms with E-state index < -0.39 is 22.9 Å². The molecule has 2 heterocycles. The number of aryl methyl sites for hydroxylation is 2. The van der Waals surface area contributed by atoms with Gasteiger partial charge in [-0.1, -0.05) is 22.8 Å². The number of halogens is 1. The number of tetrazole rings is 1. The Morgan fingerprint density at radius 2 is 1.96 bits per heavy atom. The van der Waals surface area contributed by atoms with Gasteiger partial charge in [0.2, 0.25) is 11.6 Å². The third-order valence-corrected chi connectivity index (χ3v) is 3.49. The zero-order valence-corrected chi connectivity index (χ0v) is 13.8. The van der Waals surface area contributed by atoms with Gasteiger partial charge in [-0.05, 0) is 28.6 Å². The Morgan fingerprint density at radius 3 is 2.60 bits per heavy atom. The number of hydrogen-bond donors (Lipinski definition) is 1. The van der Waals surface area contributed by atoms with Crippen LogP contribution < -0.4 is 16.6 Å². The summed E-state index contributed by atoms with van der Waals surface area (Å²) in [5.41, 5.74) is -1.89. The number of hydrogen-bond acceptors (Lipinski definition) is 7. The first-order valence-corrected chi connectivity index (χ1v) is 7.26. The highest BCUT2D eigenvalue weighted by Gasteiger charge is 2.21. The van der Waals surface area contributed by atoms with Gasteiger partial charge in [-0.25, -0.2) is 18.7 Å². The average molecular weight is 363 g/mol. The summed E-state index contributed by atoms with van der Waals surface area (Å²) < 4.78 is 2.89. The molecule has 0 saturated heterocycles. The van der Waals surface area contributed by atoms with E-state index in [1.807, 2.05) is 0 Å². The maximum Gasteiger partial charge on any atom is 0.351 e. The molecule has 0 atom stereocenters. The number of amides is 1. The predicted octanol–water partition coefficient (Wildman–Crippen LogP) is -0.640. The Labute approximate surface area is 144 Å². The second-order valence-electron chi connectivity index (χ2n) is 4.96. The highest BCUT2D eigenvalue weighted by molar-refractivity contribution is 6.30. The van der Waals surface area contributed by atoms with Gasteiger partial charge in [0.25, 0.3) is 11.5 Å². The zero-order chi connectivity index (χ0) is 18.1. The van der Waals surface area contributed by atoms with E-state index >= 15 is 0 Å². The lowest BCUT2D eigenvalue weighted by Gasteiger charge is -2.09. The molecule has 0 bridgehead atoms. The molecule has 128 valence electrons. The summed E-state index contributed by atoms with van der Waals surface area (Å²) in [6, 6.07) is 6.12. The van der Waals surface area contributed by atoms with E-state index in [0.29, 0.717) is 5.02 Å². The molecule has 25 heavy (non-hydrogen) atoms. The van der Waals surface area contributed by atoms with Crippen LogP contribution in [0.2, 0.25) is 5.02 Å². The molecule has 0 spiro atoms. The molecule has 3 aromatic rings. The van der Waals surface area contributed by atoms with Gasteiger partial charge >= 0.3 is 5.69 Å². The number of nitrogens with one attached hydrogen (secondary N) is 1. The molecule has 0 fully saturated rings. The number of carbonyl (C=O) groups excluding carboxylic acids is 1. The molecule has 0 aliphatic heterocycles. The van der Waals surface area contributed by atoms with E-state index in [9.17, 15) is 14.4 Å². The maximum atomic E-state index is 12.6. The molecule has 0 radical (unpaired) electrons. The van der Waals surface area contributed by atoms with Gasteiger partial charge in [0.15, 0.2) is 0 Å². The van der Waals surface area contributed by atoms with Crippen LogP contribution in [-0.4, -0.2) is 40.5 Å². The minimum atomic E-state index is -0.891. The summed E-state index contributed by atoms with van der Waals surface area (Å²) >= 11 is 5.91. The Balaban J connectivity index is 2.13. The number of carbonyl (C=O) groups is 1. The van der Waals surface area contributed by atoms with Crippen molar-refractivity contribution in [1.82, 2.24) is 34.6 Å². The highest BCUT2D eigenvalue weighted by Crippen LogP contribution is 2.12. The molecule has 3 rings (SSSR count). The normalized spacial score (nSPS) is 10.7. The minimum absolute atomic E-state index is 0.0226. The Kier molecular flexibility index (Phi) is 4.15. The van der Waals surface area contributed by atoms with Crippen LogP contribution in [0.3, 0.4) is 0 Å². The van der Waals surface area contributed by atoms with Gasteiger partial charge in [0.05, 0.1) is 5.69 Å². The Hall–Kier alpha value is -3.34. The van der Waals surface area contributed by atoms with E-state index in [2.05, 4.69) is 25.9 Å². The van der Waals surface area contributed by atoms with Crippen LogP contribution in [0.15, 0.2) is 33.9 Å². The Morgan fingerprint density at radius 1 is 1.20 bits per heavy atom. The second kappa shape index (κ2) is 6.28. The summed E-state index contributed by atoms with van der Waals surface area (Å²) in [6.45, 7) is 0. The van der Waals surface area contributed by atoms with Gasteiger partial charge in [-0.2, -0.15) is 5.10 Å². The summed E-state index contributed by atoms with van der Waals surface area (Å²) in [5.74, 6) is -0.830. The molecule has 0 aliphatic rings. The summed E-state index contributed by atoms with van der Waals surface area (Å²) in [7, 11) is 2.83. The van der Waals surface area contributed by atoms with E-state index in [1.165, 1.54) is 30.9 Å². The molecule has 2 aromatic heterocycles. The van der Waals surface area contributed by atoms with Gasteiger partial charge in [0.1, 0.15) is 0 Å². The molecule has 1 aromatic carbocycles. The van der Waals surface area contributed by atoms with Crippen molar-refractivity contribution in [2.45, 2.75) is 0 Å². The van der Waals surface area contributed by atoms with E-state index in [4.69, 9.17) is 11.6 Å². The first-order chi connectivity index (χ1) is 11.9. The predicted molar refractivity (Wildman–Crippen MR) is 86.8 cm³/mol. The van der Waals surface area contributed by atoms with Crippen molar-refractivity contribution in [3.63, 3.8) is 0 Å². The van der Waals surface area contributed by atoms with Gasteiger partial charge in [0, 0.05) is 19.1 Å². The van der Waals surface area contributed by atoms with Crippen molar-refractivity contribution >= 4 is 23.5 Å². The molecule has 1 N–H and O–H groups in total. The van der Waals surface area contributed by atoms with Crippen molar-refractivity contribution in [3.05, 3.63) is 55.8 Å². The van der Waals surface area contributed by atoms with E-state index in [0.717, 1.165) is 9.25 Å². The third kappa shape index (κ3) is 3.04. The van der Waals surface area contributed by atoms with Crippen LogP contribution >= 0.6 is 11.6 Å². The van der Waals surface area contributed by atoms with Crippen molar-refractivity contribution in [2.24, 2.45) is 14.1 Å². The smallest absolute Gasteiger partial charge is 0.288 e. The topological polar surface area (TPSA) is 130 Å². The van der Waals surface area contributed by atoms with Crippen molar-refractivity contribution in [2.75, 3.05) is 5.32 Å². The largest absolute Gasteiger partial charge is 0.351 e. The minimum Gasteiger partial charge on any atom is -0.288 e. The van der Waals surface area contributed by atoms with Crippen LogP contribution in [0.25, 0.3) is 5.69 Å². The number of nitrogens with zero attached hydrogens (tertiary/aromatic N) is 7. The average Bonchev–Trinajstić information content (AvgIpc) is 2.96. The van der Waals surface area contributed by atoms with E-state index in [1.54, 1.807) is 12.1 Å². The van der Waals surface area contributed by atoms with Crippen LogP contribution in [0.1, 0.15) is 10.5 Å². The van der Waals surface area contributed by atoms with E-state index in [-0.39, 0.29) is 11.6 Å². The number of benzene rings is 1. The number of aromatic nitrogens is 7. The molecule has 0 aliphatic carbocycles. The molecule has 11 nitrogen and oxygen atoms in total. The molecule has 12 heteroatoms. The molecular weight excluding hydrogens is 352 g/mol. The van der Waals surface area contributed by atoms with Crippen molar-refractivity contribution in [1.29, 1.82) is 0 Å². The zero-order valence-electron chi connectivity index (χ0n) is 13.0. The standard InChI is InChI=1S/C13H11ClN8O3/c1-20-12(16-18-19-20)15-10(23)9-11(24)22(13(25)21(2)17-9)8-5-3-4-7(14)6-8/h3-6H,1-2H3,(H,15,16,19,23). The van der Waals surface area contributed by atoms with Crippen LogP contribution in [0.5, 0.6) is 0 Å². The monoisotopic (exact) mass is 362 g/mol. The SMILES string of the molecule is Cn1nnnc1NC(=O)c1nn(C)c(=O)n(-c2cccc(Cl)c2)c1=O. The van der Waals surface area contributed by atoms with Gasteiger partial charge in [-0.3, -0.25) is 14.9 Å².